The number of benzene rings is 2. The lowest BCUT2D eigenvalue weighted by Crippen LogP contribution is -2.12. The number of halogens is 2. The Morgan fingerprint density at radius 1 is 0.958 bits per heavy atom. The molecule has 0 saturated carbocycles. The van der Waals surface area contributed by atoms with E-state index in [1.54, 1.807) is 36.5 Å². The van der Waals surface area contributed by atoms with Crippen LogP contribution >= 0.6 is 23.2 Å². The van der Waals surface area contributed by atoms with Gasteiger partial charge in [0.05, 0.1) is 10.7 Å². The van der Waals surface area contributed by atoms with Crippen molar-refractivity contribution < 1.29 is 4.79 Å². The summed E-state index contributed by atoms with van der Waals surface area (Å²) in [6.07, 6.45) is 1.56. The van der Waals surface area contributed by atoms with Crippen molar-refractivity contribution >= 4 is 46.3 Å². The zero-order valence-electron chi connectivity index (χ0n) is 12.5. The molecule has 4 nitrogen and oxygen atoms in total. The molecule has 0 spiro atoms. The normalized spacial score (nSPS) is 10.2. The molecule has 2 N–H and O–H groups in total. The van der Waals surface area contributed by atoms with Crippen LogP contribution in [0.3, 0.4) is 0 Å². The second kappa shape index (κ2) is 7.34. The van der Waals surface area contributed by atoms with Crippen LogP contribution < -0.4 is 10.6 Å². The lowest BCUT2D eigenvalue weighted by molar-refractivity contribution is 0.102. The average molecular weight is 358 g/mol. The van der Waals surface area contributed by atoms with E-state index in [2.05, 4.69) is 15.6 Å². The predicted molar refractivity (Wildman–Crippen MR) is 98.4 cm³/mol. The first kappa shape index (κ1) is 16.3. The second-order valence-electron chi connectivity index (χ2n) is 5.00. The molecule has 0 aliphatic rings. The molecule has 0 unspecified atom stereocenters. The lowest BCUT2D eigenvalue weighted by Gasteiger charge is -2.10. The smallest absolute Gasteiger partial charge is 0.255 e. The van der Waals surface area contributed by atoms with Crippen molar-refractivity contribution in [2.45, 2.75) is 0 Å². The van der Waals surface area contributed by atoms with Crippen LogP contribution in [0.2, 0.25) is 10.0 Å². The van der Waals surface area contributed by atoms with Crippen LogP contribution in [0.4, 0.5) is 17.2 Å². The van der Waals surface area contributed by atoms with Gasteiger partial charge in [0.15, 0.2) is 0 Å². The van der Waals surface area contributed by atoms with Crippen LogP contribution in [0, 0.1) is 0 Å². The summed E-state index contributed by atoms with van der Waals surface area (Å²) >= 11 is 12.0. The number of aromatic nitrogens is 1. The molecule has 1 amide bonds. The van der Waals surface area contributed by atoms with E-state index in [1.165, 1.54) is 0 Å². The lowest BCUT2D eigenvalue weighted by atomic mass is 10.2. The van der Waals surface area contributed by atoms with Crippen LogP contribution in [-0.2, 0) is 0 Å². The number of hydrogen-bond acceptors (Lipinski definition) is 3. The summed E-state index contributed by atoms with van der Waals surface area (Å²) in [5.74, 6) is 0.300. The topological polar surface area (TPSA) is 54.0 Å². The number of hydrogen-bond donors (Lipinski definition) is 2. The number of nitrogens with zero attached hydrogens (tertiary/aromatic N) is 1. The van der Waals surface area contributed by atoms with Crippen molar-refractivity contribution in [2.24, 2.45) is 0 Å². The molecule has 0 radical (unpaired) electrons. The van der Waals surface area contributed by atoms with Gasteiger partial charge < -0.3 is 10.6 Å². The van der Waals surface area contributed by atoms with Crippen LogP contribution in [0.1, 0.15) is 10.4 Å². The maximum atomic E-state index is 12.3. The molecule has 3 aromatic rings. The number of pyridine rings is 1. The summed E-state index contributed by atoms with van der Waals surface area (Å²) < 4.78 is 0. The van der Waals surface area contributed by atoms with Gasteiger partial charge >= 0.3 is 0 Å². The first-order chi connectivity index (χ1) is 11.6. The number of anilines is 3. The summed E-state index contributed by atoms with van der Waals surface area (Å²) in [6.45, 7) is 0. The molecule has 2 aromatic carbocycles. The molecule has 6 heteroatoms. The van der Waals surface area contributed by atoms with Crippen molar-refractivity contribution in [2.75, 3.05) is 10.6 Å². The first-order valence-corrected chi connectivity index (χ1v) is 7.92. The third kappa shape index (κ3) is 4.04. The Morgan fingerprint density at radius 3 is 2.50 bits per heavy atom. The van der Waals surface area contributed by atoms with E-state index in [0.29, 0.717) is 27.1 Å². The Bertz CT molecular complexity index is 869. The van der Waals surface area contributed by atoms with Gasteiger partial charge in [0.25, 0.3) is 5.91 Å². The highest BCUT2D eigenvalue weighted by Gasteiger charge is 2.08. The van der Waals surface area contributed by atoms with E-state index in [0.717, 1.165) is 5.69 Å². The maximum Gasteiger partial charge on any atom is 0.255 e. The fourth-order valence-electron chi connectivity index (χ4n) is 2.09. The molecule has 1 heterocycles. The van der Waals surface area contributed by atoms with Gasteiger partial charge in [0, 0.05) is 22.5 Å². The van der Waals surface area contributed by atoms with E-state index < -0.39 is 0 Å². The van der Waals surface area contributed by atoms with Crippen LogP contribution in [0.5, 0.6) is 0 Å². The van der Waals surface area contributed by atoms with E-state index in [9.17, 15) is 4.79 Å². The summed E-state index contributed by atoms with van der Waals surface area (Å²) in [7, 11) is 0. The fraction of sp³-hybridized carbons (Fsp3) is 0. The summed E-state index contributed by atoms with van der Waals surface area (Å²) in [6, 6.07) is 17.7. The van der Waals surface area contributed by atoms with E-state index >= 15 is 0 Å². The molecular formula is C18H13Cl2N3O. The van der Waals surface area contributed by atoms with E-state index in [1.807, 2.05) is 30.3 Å². The molecule has 0 bridgehead atoms. The maximum absolute atomic E-state index is 12.3. The number of para-hydroxylation sites is 1. The molecule has 3 rings (SSSR count). The Balaban J connectivity index is 1.77. The minimum absolute atomic E-state index is 0.214. The number of nitrogens with one attached hydrogen (secondary N) is 2. The second-order valence-corrected chi connectivity index (χ2v) is 5.84. The molecule has 0 atom stereocenters. The van der Waals surface area contributed by atoms with Crippen LogP contribution in [0.15, 0.2) is 66.9 Å². The monoisotopic (exact) mass is 357 g/mol. The zero-order valence-corrected chi connectivity index (χ0v) is 14.0. The van der Waals surface area contributed by atoms with Crippen molar-refractivity contribution in [3.8, 4) is 0 Å². The van der Waals surface area contributed by atoms with Gasteiger partial charge in [-0.1, -0.05) is 41.4 Å². The molecule has 0 fully saturated rings. The minimum Gasteiger partial charge on any atom is -0.339 e. The van der Waals surface area contributed by atoms with Crippen LogP contribution in [0.25, 0.3) is 0 Å². The van der Waals surface area contributed by atoms with E-state index in [4.69, 9.17) is 23.2 Å². The quantitative estimate of drug-likeness (QED) is 0.658. The Hall–Kier alpha value is -2.56. The molecule has 120 valence electrons. The summed E-state index contributed by atoms with van der Waals surface area (Å²) in [5.41, 5.74) is 1.88. The molecule has 24 heavy (non-hydrogen) atoms. The highest BCUT2D eigenvalue weighted by Crippen LogP contribution is 2.27. The SMILES string of the molecule is O=C(Nc1ccccc1)c1ccnc(Nc2ccc(Cl)cc2Cl)c1. The van der Waals surface area contributed by atoms with Crippen molar-refractivity contribution in [3.05, 3.63) is 82.5 Å². The van der Waals surface area contributed by atoms with Crippen molar-refractivity contribution in [3.63, 3.8) is 0 Å². The third-order valence-electron chi connectivity index (χ3n) is 3.25. The van der Waals surface area contributed by atoms with Crippen molar-refractivity contribution in [1.29, 1.82) is 0 Å². The molecule has 0 aliphatic heterocycles. The Kier molecular flexibility index (Phi) is 4.99. The minimum atomic E-state index is -0.214. The number of rotatable bonds is 4. The summed E-state index contributed by atoms with van der Waals surface area (Å²) in [5, 5.41) is 6.93. The standard InChI is InChI=1S/C18H13Cl2N3O/c19-13-6-7-16(15(20)11-13)23-17-10-12(8-9-21-17)18(24)22-14-4-2-1-3-5-14/h1-11H,(H,21,23)(H,22,24). The first-order valence-electron chi connectivity index (χ1n) is 7.16. The van der Waals surface area contributed by atoms with Gasteiger partial charge in [0.2, 0.25) is 0 Å². The number of amides is 1. The average Bonchev–Trinajstić information content (AvgIpc) is 2.59. The van der Waals surface area contributed by atoms with Gasteiger partial charge in [-0.3, -0.25) is 4.79 Å². The molecule has 0 saturated heterocycles. The highest BCUT2D eigenvalue weighted by atomic mass is 35.5. The van der Waals surface area contributed by atoms with Gasteiger partial charge in [0.1, 0.15) is 5.82 Å². The van der Waals surface area contributed by atoms with Crippen molar-refractivity contribution in [1.82, 2.24) is 4.98 Å². The Labute approximate surface area is 149 Å². The Morgan fingerprint density at radius 2 is 1.75 bits per heavy atom. The van der Waals surface area contributed by atoms with Gasteiger partial charge in [-0.15, -0.1) is 0 Å². The van der Waals surface area contributed by atoms with Gasteiger partial charge in [-0.25, -0.2) is 4.98 Å². The molecule has 1 aromatic heterocycles. The van der Waals surface area contributed by atoms with Gasteiger partial charge in [-0.2, -0.15) is 0 Å². The van der Waals surface area contributed by atoms with E-state index in [-0.39, 0.29) is 5.91 Å². The largest absolute Gasteiger partial charge is 0.339 e. The number of carbonyl (C=O) groups excluding carboxylic acids is 1. The van der Waals surface area contributed by atoms with Gasteiger partial charge in [-0.05, 0) is 42.5 Å². The molecule has 0 aliphatic carbocycles. The molecular weight excluding hydrogens is 345 g/mol. The predicted octanol–water partition coefficient (Wildman–Crippen LogP) is 5.38. The number of carbonyl (C=O) groups is 1. The van der Waals surface area contributed by atoms with Crippen LogP contribution in [-0.4, -0.2) is 10.9 Å². The highest BCUT2D eigenvalue weighted by molar-refractivity contribution is 6.36. The fourth-order valence-corrected chi connectivity index (χ4v) is 2.55. The zero-order chi connectivity index (χ0) is 16.9. The summed E-state index contributed by atoms with van der Waals surface area (Å²) in [4.78, 5) is 16.5. The third-order valence-corrected chi connectivity index (χ3v) is 3.80.